The van der Waals surface area contributed by atoms with E-state index >= 15 is 0 Å². The molecule has 1 amide bonds. The monoisotopic (exact) mass is 447 g/mol. The lowest BCUT2D eigenvalue weighted by Gasteiger charge is -2.12. The lowest BCUT2D eigenvalue weighted by Crippen LogP contribution is -2.12. The first-order valence-electron chi connectivity index (χ1n) is 9.92. The minimum atomic E-state index is -0.462. The van der Waals surface area contributed by atoms with Crippen molar-refractivity contribution in [2.24, 2.45) is 0 Å². The smallest absolute Gasteiger partial charge is 0.255 e. The van der Waals surface area contributed by atoms with E-state index in [0.29, 0.717) is 22.6 Å². The van der Waals surface area contributed by atoms with Gasteiger partial charge in [-0.25, -0.2) is 0 Å². The summed E-state index contributed by atoms with van der Waals surface area (Å²) in [7, 11) is 4.32. The van der Waals surface area contributed by atoms with Gasteiger partial charge in [0.05, 0.1) is 21.3 Å². The number of amides is 1. The molecule has 0 aliphatic heterocycles. The van der Waals surface area contributed by atoms with Gasteiger partial charge in [0, 0.05) is 35.0 Å². The highest BCUT2D eigenvalue weighted by molar-refractivity contribution is 6.05. The Morgan fingerprint density at radius 1 is 0.939 bits per heavy atom. The number of carbonyl (C=O) groups excluding carboxylic acids is 1. The number of fused-ring (bicyclic) bond motifs is 1. The van der Waals surface area contributed by atoms with Gasteiger partial charge in [0.2, 0.25) is 5.75 Å². The summed E-state index contributed by atoms with van der Waals surface area (Å²) >= 11 is 0. The molecule has 2 N–H and O–H groups in total. The van der Waals surface area contributed by atoms with Crippen LogP contribution in [0.25, 0.3) is 22.3 Å². The van der Waals surface area contributed by atoms with Gasteiger partial charge in [-0.1, -0.05) is 18.2 Å². The predicted octanol–water partition coefficient (Wildman–Crippen LogP) is 4.44. The first kappa shape index (κ1) is 21.8. The molecule has 3 aromatic carbocycles. The zero-order chi connectivity index (χ0) is 23.5. The topological polar surface area (TPSA) is 107 Å². The molecule has 8 heteroatoms. The van der Waals surface area contributed by atoms with Crippen molar-refractivity contribution < 1.29 is 28.5 Å². The Morgan fingerprint density at radius 2 is 1.73 bits per heavy atom. The van der Waals surface area contributed by atoms with Gasteiger partial charge in [0.25, 0.3) is 5.91 Å². The van der Waals surface area contributed by atoms with Crippen molar-refractivity contribution in [2.75, 3.05) is 26.6 Å². The van der Waals surface area contributed by atoms with Crippen LogP contribution in [0, 0.1) is 0 Å². The Hall–Kier alpha value is -4.46. The second kappa shape index (κ2) is 8.96. The Balaban J connectivity index is 1.72. The molecule has 0 saturated carbocycles. The molecule has 1 heterocycles. The third-order valence-electron chi connectivity index (χ3n) is 5.07. The van der Waals surface area contributed by atoms with Crippen molar-refractivity contribution in [1.82, 2.24) is 0 Å². The fraction of sp³-hybridized carbons (Fsp3) is 0.120. The number of hydrogen-bond acceptors (Lipinski definition) is 7. The van der Waals surface area contributed by atoms with E-state index in [1.165, 1.54) is 26.4 Å². The molecule has 0 spiro atoms. The average molecular weight is 447 g/mol. The van der Waals surface area contributed by atoms with Crippen molar-refractivity contribution in [3.05, 3.63) is 76.5 Å². The summed E-state index contributed by atoms with van der Waals surface area (Å²) in [6, 6.07) is 16.4. The molecule has 0 atom stereocenters. The summed E-state index contributed by atoms with van der Waals surface area (Å²) in [5.41, 5.74) is 1.13. The zero-order valence-electron chi connectivity index (χ0n) is 18.2. The highest BCUT2D eigenvalue weighted by Gasteiger charge is 2.19. The highest BCUT2D eigenvalue weighted by Crippen LogP contribution is 2.42. The van der Waals surface area contributed by atoms with E-state index in [2.05, 4.69) is 5.32 Å². The van der Waals surface area contributed by atoms with Crippen molar-refractivity contribution in [3.8, 4) is 34.3 Å². The van der Waals surface area contributed by atoms with E-state index in [1.54, 1.807) is 55.6 Å². The SMILES string of the molecule is COc1cccc(NC(=O)c2cccc(-c3cc(=O)c4c(O)c(OC)c(OC)cc4o3)c2)c1. The van der Waals surface area contributed by atoms with E-state index in [9.17, 15) is 14.7 Å². The molecule has 4 rings (SSSR count). The summed E-state index contributed by atoms with van der Waals surface area (Å²) in [6.07, 6.45) is 0. The molecular weight excluding hydrogens is 426 g/mol. The number of nitrogens with one attached hydrogen (secondary N) is 1. The van der Waals surface area contributed by atoms with Gasteiger partial charge < -0.3 is 29.1 Å². The molecule has 0 unspecified atom stereocenters. The summed E-state index contributed by atoms with van der Waals surface area (Å²) in [5.74, 6) is 0.413. The Labute approximate surface area is 188 Å². The van der Waals surface area contributed by atoms with Gasteiger partial charge in [-0.2, -0.15) is 0 Å². The number of benzene rings is 3. The molecule has 0 saturated heterocycles. The fourth-order valence-corrected chi connectivity index (χ4v) is 3.47. The Kier molecular flexibility index (Phi) is 5.91. The van der Waals surface area contributed by atoms with E-state index in [4.69, 9.17) is 18.6 Å². The highest BCUT2D eigenvalue weighted by atomic mass is 16.5. The first-order chi connectivity index (χ1) is 15.9. The summed E-state index contributed by atoms with van der Waals surface area (Å²) in [6.45, 7) is 0. The van der Waals surface area contributed by atoms with Gasteiger partial charge in [-0.05, 0) is 24.3 Å². The second-order valence-corrected chi connectivity index (χ2v) is 7.08. The van der Waals surface area contributed by atoms with Crippen molar-refractivity contribution in [3.63, 3.8) is 0 Å². The molecule has 8 nitrogen and oxygen atoms in total. The fourth-order valence-electron chi connectivity index (χ4n) is 3.47. The van der Waals surface area contributed by atoms with Crippen LogP contribution in [0.15, 0.2) is 69.9 Å². The number of anilines is 1. The van der Waals surface area contributed by atoms with Crippen LogP contribution >= 0.6 is 0 Å². The van der Waals surface area contributed by atoms with Crippen LogP contribution in [0.2, 0.25) is 0 Å². The maximum Gasteiger partial charge on any atom is 0.255 e. The maximum atomic E-state index is 12.8. The molecule has 1 aromatic heterocycles. The predicted molar refractivity (Wildman–Crippen MR) is 124 cm³/mol. The number of rotatable bonds is 6. The molecule has 0 radical (unpaired) electrons. The lowest BCUT2D eigenvalue weighted by molar-refractivity contribution is 0.102. The van der Waals surface area contributed by atoms with Gasteiger partial charge in [0.1, 0.15) is 22.5 Å². The lowest BCUT2D eigenvalue weighted by atomic mass is 10.1. The zero-order valence-corrected chi connectivity index (χ0v) is 18.2. The van der Waals surface area contributed by atoms with Crippen LogP contribution in [0.3, 0.4) is 0 Å². The van der Waals surface area contributed by atoms with Gasteiger partial charge in [0.15, 0.2) is 16.9 Å². The van der Waals surface area contributed by atoms with Gasteiger partial charge in [-0.3, -0.25) is 9.59 Å². The van der Waals surface area contributed by atoms with Crippen molar-refractivity contribution in [1.29, 1.82) is 0 Å². The number of carbonyl (C=O) groups is 1. The number of ether oxygens (including phenoxy) is 3. The number of phenolic OH excluding ortho intramolecular Hbond substituents is 1. The number of phenols is 1. The van der Waals surface area contributed by atoms with Crippen LogP contribution in [-0.4, -0.2) is 32.3 Å². The quantitative estimate of drug-likeness (QED) is 0.450. The summed E-state index contributed by atoms with van der Waals surface area (Å²) < 4.78 is 21.4. The molecule has 0 aliphatic carbocycles. The van der Waals surface area contributed by atoms with Crippen LogP contribution < -0.4 is 25.0 Å². The molecule has 33 heavy (non-hydrogen) atoms. The maximum absolute atomic E-state index is 12.8. The van der Waals surface area contributed by atoms with Crippen LogP contribution in [0.1, 0.15) is 10.4 Å². The van der Waals surface area contributed by atoms with Crippen molar-refractivity contribution >= 4 is 22.6 Å². The average Bonchev–Trinajstić information content (AvgIpc) is 2.83. The number of methoxy groups -OCH3 is 3. The minimum Gasteiger partial charge on any atom is -0.504 e. The third-order valence-corrected chi connectivity index (χ3v) is 5.07. The Bertz CT molecular complexity index is 1410. The molecule has 0 fully saturated rings. The first-order valence-corrected chi connectivity index (χ1v) is 9.92. The van der Waals surface area contributed by atoms with E-state index in [-0.39, 0.29) is 39.9 Å². The summed E-state index contributed by atoms with van der Waals surface area (Å²) in [5, 5.41) is 13.3. The second-order valence-electron chi connectivity index (χ2n) is 7.08. The normalized spacial score (nSPS) is 10.6. The third kappa shape index (κ3) is 4.18. The van der Waals surface area contributed by atoms with E-state index < -0.39 is 5.43 Å². The van der Waals surface area contributed by atoms with Gasteiger partial charge >= 0.3 is 0 Å². The standard InChI is InChI=1S/C25H21NO7/c1-30-17-9-5-8-16(11-17)26-25(29)15-7-4-6-14(10-15)19-12-18(27)22-20(33-19)13-21(31-2)24(32-3)23(22)28/h4-13,28H,1-3H3,(H,26,29). The van der Waals surface area contributed by atoms with E-state index in [0.717, 1.165) is 0 Å². The van der Waals surface area contributed by atoms with Crippen molar-refractivity contribution in [2.45, 2.75) is 0 Å². The molecule has 168 valence electrons. The Morgan fingerprint density at radius 3 is 2.45 bits per heavy atom. The number of aromatic hydroxyl groups is 1. The summed E-state index contributed by atoms with van der Waals surface area (Å²) in [4.78, 5) is 25.5. The minimum absolute atomic E-state index is 0.0247. The van der Waals surface area contributed by atoms with Crippen LogP contribution in [0.4, 0.5) is 5.69 Å². The molecule has 0 aliphatic rings. The molecular formula is C25H21NO7. The molecule has 0 bridgehead atoms. The number of hydrogen-bond donors (Lipinski definition) is 2. The van der Waals surface area contributed by atoms with Gasteiger partial charge in [-0.15, -0.1) is 0 Å². The van der Waals surface area contributed by atoms with Crippen LogP contribution in [-0.2, 0) is 0 Å². The van der Waals surface area contributed by atoms with Crippen LogP contribution in [0.5, 0.6) is 23.0 Å². The molecule has 4 aromatic rings. The largest absolute Gasteiger partial charge is 0.504 e. The van der Waals surface area contributed by atoms with E-state index in [1.807, 2.05) is 0 Å².